The predicted molar refractivity (Wildman–Crippen MR) is 24.6 cm³/mol. The maximum atomic E-state index is 2.93. The molecule has 2 nitrogen and oxygen atoms in total. The molecule has 0 heterocycles. The van der Waals surface area contributed by atoms with Crippen LogP contribution >= 0.6 is 0 Å². The second kappa shape index (κ2) is 9.07. The smallest absolute Gasteiger partial charge is 0.00804 e. The lowest BCUT2D eigenvalue weighted by Crippen LogP contribution is -2.01. The normalized spacial score (nSPS) is 6.00. The molecular formula is C3H12N2. The second-order valence-electron chi connectivity index (χ2n) is 0.707. The minimum absolute atomic E-state index is 0. The predicted octanol–water partition coefficient (Wildman–Crippen LogP) is 0.388. The highest BCUT2D eigenvalue weighted by atomic mass is 14.8. The van der Waals surface area contributed by atoms with Gasteiger partial charge in [-0.1, -0.05) is 6.92 Å². The number of hydrogen-bond acceptors (Lipinski definition) is 2. The molecule has 0 fully saturated rings. The summed E-state index contributed by atoms with van der Waals surface area (Å²) < 4.78 is 0. The summed E-state index contributed by atoms with van der Waals surface area (Å²) >= 11 is 0. The van der Waals surface area contributed by atoms with Crippen molar-refractivity contribution in [3.05, 3.63) is 0 Å². The zero-order chi connectivity index (χ0) is 3.41. The van der Waals surface area contributed by atoms with Crippen LogP contribution < -0.4 is 11.5 Å². The van der Waals surface area contributed by atoms with Gasteiger partial charge in [0.05, 0.1) is 0 Å². The molecule has 0 unspecified atom stereocenters. The van der Waals surface area contributed by atoms with Gasteiger partial charge >= 0.3 is 0 Å². The zero-order valence-electron chi connectivity index (χ0n) is 3.91. The Morgan fingerprint density at radius 1 is 1.60 bits per heavy atom. The van der Waals surface area contributed by atoms with Gasteiger partial charge in [-0.3, -0.25) is 0 Å². The van der Waals surface area contributed by atoms with Gasteiger partial charge in [0, 0.05) is 0 Å². The summed E-state index contributed by atoms with van der Waals surface area (Å²) in [6.45, 7) is 3.14. The minimum atomic E-state index is 0. The van der Waals surface area contributed by atoms with Crippen molar-refractivity contribution in [2.45, 2.75) is 6.92 Å². The first-order valence-electron chi connectivity index (χ1n) is 1.56. The van der Waals surface area contributed by atoms with Gasteiger partial charge in [-0.15, -0.1) is 0 Å². The van der Waals surface area contributed by atoms with Crippen molar-refractivity contribution in [2.24, 2.45) is 0 Å². The van der Waals surface area contributed by atoms with Gasteiger partial charge in [-0.25, -0.2) is 0 Å². The second-order valence-corrected chi connectivity index (χ2v) is 0.707. The zero-order valence-corrected chi connectivity index (χ0v) is 3.91. The van der Waals surface area contributed by atoms with Crippen LogP contribution in [0, 0.1) is 0 Å². The van der Waals surface area contributed by atoms with Crippen LogP contribution in [0.5, 0.6) is 0 Å². The molecule has 0 radical (unpaired) electrons. The highest BCUT2D eigenvalue weighted by Crippen LogP contribution is 1.34. The topological polar surface area (TPSA) is 47.0 Å². The Morgan fingerprint density at radius 3 is 1.80 bits per heavy atom. The molecule has 0 aromatic rings. The summed E-state index contributed by atoms with van der Waals surface area (Å²) in [4.78, 5) is 0. The van der Waals surface area contributed by atoms with Crippen LogP contribution in [0.2, 0.25) is 0 Å². The van der Waals surface area contributed by atoms with E-state index < -0.39 is 0 Å². The van der Waals surface area contributed by atoms with Crippen molar-refractivity contribution in [1.82, 2.24) is 11.5 Å². The van der Waals surface area contributed by atoms with Crippen molar-refractivity contribution < 1.29 is 0 Å². The molecule has 4 N–H and O–H groups in total. The highest BCUT2D eigenvalue weighted by molar-refractivity contribution is 4.15. The lowest BCUT2D eigenvalue weighted by Gasteiger charge is -1.76. The van der Waals surface area contributed by atoms with Gasteiger partial charge in [0.2, 0.25) is 0 Å². The first-order valence-corrected chi connectivity index (χ1v) is 1.56. The maximum Gasteiger partial charge on any atom is -0.00804 e. The molecular weight excluding hydrogens is 64.0 g/mol. The standard InChI is InChI=1S/C3H9N.H3N/c1-3-4-2;/h4H,3H2,1-2H3;1H3. The van der Waals surface area contributed by atoms with Crippen molar-refractivity contribution in [3.63, 3.8) is 0 Å². The van der Waals surface area contributed by atoms with E-state index in [-0.39, 0.29) is 6.15 Å². The van der Waals surface area contributed by atoms with Gasteiger partial charge in [0.25, 0.3) is 0 Å². The highest BCUT2D eigenvalue weighted by Gasteiger charge is 1.50. The molecule has 0 rings (SSSR count). The average Bonchev–Trinajstić information content (AvgIpc) is 1.37. The molecule has 0 amide bonds. The van der Waals surface area contributed by atoms with Crippen LogP contribution in [0.1, 0.15) is 6.92 Å². The van der Waals surface area contributed by atoms with Crippen LogP contribution in [-0.2, 0) is 0 Å². The Morgan fingerprint density at radius 2 is 1.80 bits per heavy atom. The fourth-order valence-corrected chi connectivity index (χ4v) is 0. The lowest BCUT2D eigenvalue weighted by molar-refractivity contribution is 0.864. The van der Waals surface area contributed by atoms with E-state index in [9.17, 15) is 0 Å². The minimum Gasteiger partial charge on any atom is -0.344 e. The maximum absolute atomic E-state index is 2.93. The Balaban J connectivity index is 0. The Labute approximate surface area is 33.2 Å². The largest absolute Gasteiger partial charge is 0.344 e. The van der Waals surface area contributed by atoms with Gasteiger partial charge in [-0.2, -0.15) is 0 Å². The average molecular weight is 76.1 g/mol. The molecule has 0 aromatic carbocycles. The molecule has 34 valence electrons. The third kappa shape index (κ3) is 17.1. The molecule has 0 aliphatic carbocycles. The van der Waals surface area contributed by atoms with E-state index >= 15 is 0 Å². The molecule has 0 aliphatic heterocycles. The Kier molecular flexibility index (Phi) is 16.1. The van der Waals surface area contributed by atoms with E-state index in [4.69, 9.17) is 0 Å². The van der Waals surface area contributed by atoms with Crippen LogP contribution in [0.25, 0.3) is 0 Å². The van der Waals surface area contributed by atoms with Crippen LogP contribution in [0.3, 0.4) is 0 Å². The van der Waals surface area contributed by atoms with E-state index in [1.807, 2.05) is 7.05 Å². The molecule has 5 heavy (non-hydrogen) atoms. The van der Waals surface area contributed by atoms with Crippen molar-refractivity contribution in [2.75, 3.05) is 13.6 Å². The molecule has 0 aromatic heterocycles. The molecule has 0 atom stereocenters. The fourth-order valence-electron chi connectivity index (χ4n) is 0. The van der Waals surface area contributed by atoms with Crippen LogP contribution in [0.4, 0.5) is 0 Å². The summed E-state index contributed by atoms with van der Waals surface area (Å²) in [6.07, 6.45) is 0. The third-order valence-electron chi connectivity index (χ3n) is 0.354. The number of rotatable bonds is 1. The van der Waals surface area contributed by atoms with Crippen molar-refractivity contribution in [1.29, 1.82) is 0 Å². The van der Waals surface area contributed by atoms with Crippen LogP contribution in [-0.4, -0.2) is 13.6 Å². The first-order chi connectivity index (χ1) is 1.91. The van der Waals surface area contributed by atoms with Gasteiger partial charge in [0.1, 0.15) is 0 Å². The molecule has 0 saturated carbocycles. The Bertz CT molecular complexity index is 6.85. The van der Waals surface area contributed by atoms with Gasteiger partial charge < -0.3 is 11.5 Å². The van der Waals surface area contributed by atoms with E-state index in [0.29, 0.717) is 0 Å². The first kappa shape index (κ1) is 8.87. The molecule has 0 spiro atoms. The fraction of sp³-hybridized carbons (Fsp3) is 1.00. The summed E-state index contributed by atoms with van der Waals surface area (Å²) in [5.41, 5.74) is 0. The van der Waals surface area contributed by atoms with E-state index in [1.165, 1.54) is 0 Å². The van der Waals surface area contributed by atoms with Crippen molar-refractivity contribution >= 4 is 0 Å². The van der Waals surface area contributed by atoms with Crippen molar-refractivity contribution in [3.8, 4) is 0 Å². The lowest BCUT2D eigenvalue weighted by atomic mass is 10.8. The summed E-state index contributed by atoms with van der Waals surface area (Å²) in [5.74, 6) is 0. The summed E-state index contributed by atoms with van der Waals surface area (Å²) in [5, 5.41) is 2.93. The van der Waals surface area contributed by atoms with Crippen LogP contribution in [0.15, 0.2) is 0 Å². The molecule has 2 heteroatoms. The summed E-state index contributed by atoms with van der Waals surface area (Å²) in [6, 6.07) is 0. The number of nitrogens with one attached hydrogen (secondary N) is 1. The third-order valence-corrected chi connectivity index (χ3v) is 0.354. The molecule has 0 aliphatic rings. The quantitative estimate of drug-likeness (QED) is 0.474. The number of hydrogen-bond donors (Lipinski definition) is 2. The summed E-state index contributed by atoms with van der Waals surface area (Å²) in [7, 11) is 1.93. The Hall–Kier alpha value is -0.0800. The van der Waals surface area contributed by atoms with Gasteiger partial charge in [-0.05, 0) is 13.6 Å². The van der Waals surface area contributed by atoms with E-state index in [1.54, 1.807) is 0 Å². The molecule has 0 saturated heterocycles. The SMILES string of the molecule is CCNC.N. The van der Waals surface area contributed by atoms with E-state index in [2.05, 4.69) is 12.2 Å². The monoisotopic (exact) mass is 76.1 g/mol. The van der Waals surface area contributed by atoms with E-state index in [0.717, 1.165) is 6.54 Å². The molecule has 0 bridgehead atoms. The van der Waals surface area contributed by atoms with Gasteiger partial charge in [0.15, 0.2) is 0 Å².